The molecule has 0 bridgehead atoms. The van der Waals surface area contributed by atoms with Gasteiger partial charge in [-0.15, -0.1) is 0 Å². The van der Waals surface area contributed by atoms with Crippen molar-refractivity contribution in [2.24, 2.45) is 0 Å². The van der Waals surface area contributed by atoms with Crippen molar-refractivity contribution in [3.05, 3.63) is 83.4 Å². The molecule has 0 saturated carbocycles. The van der Waals surface area contributed by atoms with Crippen molar-refractivity contribution in [3.63, 3.8) is 0 Å². The van der Waals surface area contributed by atoms with Gasteiger partial charge in [0.25, 0.3) is 0 Å². The van der Waals surface area contributed by atoms with Crippen LogP contribution in [0.15, 0.2) is 60.8 Å². The van der Waals surface area contributed by atoms with Gasteiger partial charge >= 0.3 is 5.97 Å². The Labute approximate surface area is 172 Å². The number of carboxylic acids is 1. The van der Waals surface area contributed by atoms with Crippen LogP contribution in [0.4, 0.5) is 0 Å². The molecule has 0 aliphatic heterocycles. The minimum atomic E-state index is -1.01. The summed E-state index contributed by atoms with van der Waals surface area (Å²) in [5.74, 6) is 0.777. The summed E-state index contributed by atoms with van der Waals surface area (Å²) in [6.07, 6.45) is 5.37. The van der Waals surface area contributed by atoms with Crippen LogP contribution in [0, 0.1) is 0 Å². The zero-order chi connectivity index (χ0) is 20.9. The highest BCUT2D eigenvalue weighted by Gasteiger charge is 2.11. The quantitative estimate of drug-likeness (QED) is 0.476. The minimum Gasteiger partial charge on any atom is -0.493 e. The summed E-state index contributed by atoms with van der Waals surface area (Å²) >= 11 is 0. The monoisotopic (exact) mass is 401 g/mol. The number of aromatic amines is 1. The Hall–Kier alpha value is -4.13. The molecule has 0 aliphatic rings. The fourth-order valence-corrected chi connectivity index (χ4v) is 3.02. The smallest absolute Gasteiger partial charge is 0.337 e. The maximum absolute atomic E-state index is 11.4. The first kappa shape index (κ1) is 19.2. The summed E-state index contributed by atoms with van der Waals surface area (Å²) in [7, 11) is 1.59. The normalized spacial score (nSPS) is 11.1. The molecule has 0 radical (unpaired) electrons. The Morgan fingerprint density at radius 2 is 2.00 bits per heavy atom. The number of aromatic carboxylic acids is 1. The number of para-hydroxylation sites is 1. The van der Waals surface area contributed by atoms with Gasteiger partial charge in [0.15, 0.2) is 11.5 Å². The number of carboxylic acid groups (broad SMARTS) is 1. The summed E-state index contributed by atoms with van der Waals surface area (Å²) in [4.78, 5) is 23.1. The van der Waals surface area contributed by atoms with Gasteiger partial charge in [-0.2, -0.15) is 0 Å². The van der Waals surface area contributed by atoms with Gasteiger partial charge in [-0.3, -0.25) is 4.98 Å². The lowest BCUT2D eigenvalue weighted by Crippen LogP contribution is -1.99. The molecule has 30 heavy (non-hydrogen) atoms. The summed E-state index contributed by atoms with van der Waals surface area (Å²) < 4.78 is 11.3. The molecule has 7 nitrogen and oxygen atoms in total. The highest BCUT2D eigenvalue weighted by atomic mass is 16.5. The molecular weight excluding hydrogens is 382 g/mol. The number of ether oxygens (including phenoxy) is 2. The number of fused-ring (bicyclic) bond motifs is 1. The van der Waals surface area contributed by atoms with Crippen molar-refractivity contribution in [2.45, 2.75) is 6.61 Å². The van der Waals surface area contributed by atoms with Gasteiger partial charge in [0.05, 0.1) is 23.9 Å². The molecule has 150 valence electrons. The second kappa shape index (κ2) is 8.48. The molecule has 0 fully saturated rings. The van der Waals surface area contributed by atoms with Crippen LogP contribution in [-0.2, 0) is 6.61 Å². The van der Waals surface area contributed by atoms with Crippen LogP contribution in [0.1, 0.15) is 27.4 Å². The molecule has 4 aromatic rings. The number of hydrogen-bond acceptors (Lipinski definition) is 5. The van der Waals surface area contributed by atoms with Crippen molar-refractivity contribution < 1.29 is 19.4 Å². The molecule has 0 saturated heterocycles. The zero-order valence-corrected chi connectivity index (χ0v) is 16.2. The number of benzene rings is 2. The van der Waals surface area contributed by atoms with Crippen LogP contribution in [0.5, 0.6) is 11.5 Å². The summed E-state index contributed by atoms with van der Waals surface area (Å²) in [6, 6.07) is 16.3. The highest BCUT2D eigenvalue weighted by molar-refractivity contribution is 6.01. The van der Waals surface area contributed by atoms with Crippen LogP contribution in [0.2, 0.25) is 0 Å². The molecule has 0 amide bonds. The second-order valence-electron chi connectivity index (χ2n) is 6.48. The number of nitrogens with zero attached hydrogens (tertiary/aromatic N) is 2. The number of aromatic nitrogens is 3. The van der Waals surface area contributed by atoms with Crippen molar-refractivity contribution in [2.75, 3.05) is 7.11 Å². The van der Waals surface area contributed by atoms with Gasteiger partial charge < -0.3 is 19.6 Å². The van der Waals surface area contributed by atoms with E-state index in [4.69, 9.17) is 9.47 Å². The standard InChI is InChI=1S/C23H19N3O4/c1-29-19-10-8-15(13-20(19)30-14-16-5-2-3-12-24-16)9-11-21-25-18-7-4-6-17(23(27)28)22(18)26-21/h2-13H,14H2,1H3,(H,25,26)(H,27,28)/b11-9+. The predicted molar refractivity (Wildman–Crippen MR) is 114 cm³/mol. The van der Waals surface area contributed by atoms with E-state index < -0.39 is 5.97 Å². The van der Waals surface area contributed by atoms with E-state index in [9.17, 15) is 9.90 Å². The number of imidazole rings is 1. The fourth-order valence-electron chi connectivity index (χ4n) is 3.02. The molecule has 2 N–H and O–H groups in total. The van der Waals surface area contributed by atoms with Gasteiger partial charge in [0.1, 0.15) is 17.9 Å². The second-order valence-corrected chi connectivity index (χ2v) is 6.48. The number of rotatable bonds is 7. The molecule has 0 aliphatic carbocycles. The van der Waals surface area contributed by atoms with E-state index in [1.807, 2.05) is 42.5 Å². The molecule has 7 heteroatoms. The number of pyridine rings is 1. The van der Waals surface area contributed by atoms with Crippen molar-refractivity contribution in [3.8, 4) is 11.5 Å². The molecule has 4 rings (SSSR count). The Balaban J connectivity index is 1.57. The van der Waals surface area contributed by atoms with Gasteiger partial charge in [0, 0.05) is 6.20 Å². The van der Waals surface area contributed by atoms with Crippen molar-refractivity contribution in [1.29, 1.82) is 0 Å². The van der Waals surface area contributed by atoms with Crippen LogP contribution < -0.4 is 9.47 Å². The number of nitrogens with one attached hydrogen (secondary N) is 1. The van der Waals surface area contributed by atoms with Gasteiger partial charge in [-0.05, 0) is 48.0 Å². The van der Waals surface area contributed by atoms with E-state index in [0.29, 0.717) is 35.0 Å². The zero-order valence-electron chi connectivity index (χ0n) is 16.2. The lowest BCUT2D eigenvalue weighted by Gasteiger charge is -2.11. The Morgan fingerprint density at radius 1 is 1.10 bits per heavy atom. The number of methoxy groups -OCH3 is 1. The molecule has 2 heterocycles. The minimum absolute atomic E-state index is 0.165. The van der Waals surface area contributed by atoms with Crippen LogP contribution in [-0.4, -0.2) is 33.1 Å². The van der Waals surface area contributed by atoms with E-state index in [1.165, 1.54) is 6.07 Å². The number of hydrogen-bond donors (Lipinski definition) is 2. The largest absolute Gasteiger partial charge is 0.493 e. The first-order chi connectivity index (χ1) is 14.6. The molecule has 2 aromatic carbocycles. The molecule has 0 atom stereocenters. The van der Waals surface area contributed by atoms with Crippen molar-refractivity contribution in [1.82, 2.24) is 15.0 Å². The van der Waals surface area contributed by atoms with Gasteiger partial charge in [-0.1, -0.05) is 24.3 Å². The summed E-state index contributed by atoms with van der Waals surface area (Å²) in [5.41, 5.74) is 2.96. The van der Waals surface area contributed by atoms with E-state index in [-0.39, 0.29) is 5.56 Å². The Morgan fingerprint density at radius 3 is 2.77 bits per heavy atom. The molecule has 0 spiro atoms. The van der Waals surface area contributed by atoms with Gasteiger partial charge in [0.2, 0.25) is 0 Å². The summed E-state index contributed by atoms with van der Waals surface area (Å²) in [6.45, 7) is 0.325. The van der Waals surface area contributed by atoms with E-state index in [0.717, 1.165) is 11.3 Å². The van der Waals surface area contributed by atoms with Crippen molar-refractivity contribution >= 4 is 29.2 Å². The average Bonchev–Trinajstić information content (AvgIpc) is 3.20. The van der Waals surface area contributed by atoms with E-state index in [1.54, 1.807) is 31.5 Å². The maximum atomic E-state index is 11.4. The topological polar surface area (TPSA) is 97.3 Å². The molecule has 2 aromatic heterocycles. The highest BCUT2D eigenvalue weighted by Crippen LogP contribution is 2.29. The van der Waals surface area contributed by atoms with Crippen LogP contribution in [0.25, 0.3) is 23.2 Å². The molecular formula is C23H19N3O4. The SMILES string of the molecule is COc1ccc(/C=C/c2nc3c(C(=O)O)cccc3[nH]2)cc1OCc1ccccn1. The van der Waals surface area contributed by atoms with E-state index >= 15 is 0 Å². The third-order valence-electron chi connectivity index (χ3n) is 4.48. The van der Waals surface area contributed by atoms with Crippen LogP contribution in [0.3, 0.4) is 0 Å². The lowest BCUT2D eigenvalue weighted by atomic mass is 10.2. The Kier molecular flexibility index (Phi) is 5.43. The third-order valence-corrected chi connectivity index (χ3v) is 4.48. The fraction of sp³-hybridized carbons (Fsp3) is 0.0870. The number of carbonyl (C=O) groups is 1. The average molecular weight is 401 g/mol. The maximum Gasteiger partial charge on any atom is 0.337 e. The number of H-pyrrole nitrogens is 1. The summed E-state index contributed by atoms with van der Waals surface area (Å²) in [5, 5.41) is 9.31. The Bertz CT molecular complexity index is 1220. The van der Waals surface area contributed by atoms with Gasteiger partial charge in [-0.25, -0.2) is 9.78 Å². The molecule has 0 unspecified atom stereocenters. The third kappa shape index (κ3) is 4.15. The lowest BCUT2D eigenvalue weighted by molar-refractivity contribution is 0.0699. The predicted octanol–water partition coefficient (Wildman–Crippen LogP) is 4.41. The van der Waals surface area contributed by atoms with E-state index in [2.05, 4.69) is 15.0 Å². The first-order valence-corrected chi connectivity index (χ1v) is 9.25. The van der Waals surface area contributed by atoms with Crippen LogP contribution >= 0.6 is 0 Å². The first-order valence-electron chi connectivity index (χ1n) is 9.25.